The van der Waals surface area contributed by atoms with Gasteiger partial charge in [-0.1, -0.05) is 13.8 Å². The second-order valence-electron chi connectivity index (χ2n) is 1.49. The Hall–Kier alpha value is -0.346. The number of hydrogen-bond donors (Lipinski definition) is 2. The van der Waals surface area contributed by atoms with Gasteiger partial charge in [0.2, 0.25) is 0 Å². The van der Waals surface area contributed by atoms with Crippen LogP contribution >= 0.6 is 0 Å². The van der Waals surface area contributed by atoms with Crippen LogP contribution in [0.5, 0.6) is 0 Å². The van der Waals surface area contributed by atoms with Crippen LogP contribution in [0.1, 0.15) is 26.7 Å². The summed E-state index contributed by atoms with van der Waals surface area (Å²) in [5, 5.41) is 15.4. The van der Waals surface area contributed by atoms with Gasteiger partial charge in [0.05, 0.1) is 0 Å². The Morgan fingerprint density at radius 3 is 1.09 bits per heavy atom. The SMILES string of the molecule is CCC(=O)O.CCC(=O)O.[Ti]. The Kier molecular flexibility index (Phi) is 19.0. The second-order valence-corrected chi connectivity index (χ2v) is 1.49. The molecular formula is C6H12O4Ti. The van der Waals surface area contributed by atoms with Crippen molar-refractivity contribution in [3.05, 3.63) is 0 Å². The summed E-state index contributed by atoms with van der Waals surface area (Å²) in [7, 11) is 0. The van der Waals surface area contributed by atoms with Crippen LogP contribution in [0.2, 0.25) is 0 Å². The zero-order valence-electron chi connectivity index (χ0n) is 6.63. The zero-order chi connectivity index (χ0) is 8.57. The second kappa shape index (κ2) is 12.3. The van der Waals surface area contributed by atoms with Crippen LogP contribution in [0.4, 0.5) is 0 Å². The molecule has 5 heteroatoms. The maximum absolute atomic E-state index is 9.37. The Bertz CT molecular complexity index is 99.1. The number of carbonyl (C=O) groups is 2. The van der Waals surface area contributed by atoms with Crippen LogP contribution < -0.4 is 0 Å². The van der Waals surface area contributed by atoms with Crippen LogP contribution in [0, 0.1) is 0 Å². The van der Waals surface area contributed by atoms with Gasteiger partial charge in [0.1, 0.15) is 0 Å². The molecule has 0 bridgehead atoms. The minimum atomic E-state index is -0.745. The normalized spacial score (nSPS) is 6.73. The molecule has 11 heavy (non-hydrogen) atoms. The topological polar surface area (TPSA) is 74.6 Å². The molecule has 0 aliphatic heterocycles. The summed E-state index contributed by atoms with van der Waals surface area (Å²) in [6.45, 7) is 3.20. The standard InChI is InChI=1S/2C3H6O2.Ti/c2*1-2-3(4)5;/h2*2H2,1H3,(H,4,5);. The maximum atomic E-state index is 9.37. The molecule has 0 aromatic heterocycles. The minimum absolute atomic E-state index is 0. The molecule has 0 unspecified atom stereocenters. The van der Waals surface area contributed by atoms with E-state index in [1.807, 2.05) is 0 Å². The van der Waals surface area contributed by atoms with Crippen molar-refractivity contribution in [3.8, 4) is 0 Å². The van der Waals surface area contributed by atoms with Gasteiger partial charge in [-0.3, -0.25) is 9.59 Å². The molecule has 0 heterocycles. The van der Waals surface area contributed by atoms with E-state index >= 15 is 0 Å². The van der Waals surface area contributed by atoms with Gasteiger partial charge in [0.25, 0.3) is 0 Å². The molecule has 0 radical (unpaired) electrons. The summed E-state index contributed by atoms with van der Waals surface area (Å²) in [6.07, 6.45) is 0.444. The third-order valence-electron chi connectivity index (χ3n) is 0.605. The van der Waals surface area contributed by atoms with Crippen molar-refractivity contribution >= 4 is 11.9 Å². The largest absolute Gasteiger partial charge is 0.481 e. The molecule has 0 aromatic rings. The van der Waals surface area contributed by atoms with Gasteiger partial charge >= 0.3 is 11.9 Å². The smallest absolute Gasteiger partial charge is 0.303 e. The molecule has 0 fully saturated rings. The molecule has 0 aliphatic rings. The number of rotatable bonds is 2. The Labute approximate surface area is 80.5 Å². The van der Waals surface area contributed by atoms with Gasteiger partial charge in [-0.15, -0.1) is 0 Å². The third-order valence-corrected chi connectivity index (χ3v) is 0.605. The van der Waals surface area contributed by atoms with Crippen LogP contribution in [-0.2, 0) is 31.3 Å². The van der Waals surface area contributed by atoms with Crippen LogP contribution in [0.15, 0.2) is 0 Å². The average molecular weight is 196 g/mol. The summed E-state index contributed by atoms with van der Waals surface area (Å²) in [5.41, 5.74) is 0. The number of carboxylic acid groups (broad SMARTS) is 2. The predicted molar refractivity (Wildman–Crippen MR) is 35.9 cm³/mol. The fourth-order valence-corrected chi connectivity index (χ4v) is 0. The quantitative estimate of drug-likeness (QED) is 0.645. The van der Waals surface area contributed by atoms with Gasteiger partial charge in [0.15, 0.2) is 0 Å². The summed E-state index contributed by atoms with van der Waals surface area (Å²) in [6, 6.07) is 0. The average Bonchev–Trinajstić information content (AvgIpc) is 1.89. The minimum Gasteiger partial charge on any atom is -0.481 e. The first-order valence-electron chi connectivity index (χ1n) is 2.98. The predicted octanol–water partition coefficient (Wildman–Crippen LogP) is 0.960. The van der Waals surface area contributed by atoms with E-state index in [0.29, 0.717) is 0 Å². The van der Waals surface area contributed by atoms with E-state index in [1.54, 1.807) is 13.8 Å². The van der Waals surface area contributed by atoms with Crippen molar-refractivity contribution in [2.75, 3.05) is 0 Å². The van der Waals surface area contributed by atoms with Crippen molar-refractivity contribution in [2.45, 2.75) is 26.7 Å². The van der Waals surface area contributed by atoms with E-state index < -0.39 is 11.9 Å². The van der Waals surface area contributed by atoms with Crippen molar-refractivity contribution in [3.63, 3.8) is 0 Å². The monoisotopic (exact) mass is 196 g/mol. The third kappa shape index (κ3) is 42.4. The first kappa shape index (κ1) is 16.9. The number of hydrogen-bond acceptors (Lipinski definition) is 2. The molecule has 0 amide bonds. The summed E-state index contributed by atoms with van der Waals surface area (Å²) < 4.78 is 0. The Morgan fingerprint density at radius 2 is 1.09 bits per heavy atom. The van der Waals surface area contributed by atoms with E-state index in [9.17, 15) is 9.59 Å². The van der Waals surface area contributed by atoms with E-state index in [2.05, 4.69) is 0 Å². The Morgan fingerprint density at radius 1 is 1.00 bits per heavy atom. The van der Waals surface area contributed by atoms with Gasteiger partial charge in [-0.25, -0.2) is 0 Å². The van der Waals surface area contributed by atoms with Crippen LogP contribution in [0.25, 0.3) is 0 Å². The maximum Gasteiger partial charge on any atom is 0.303 e. The Balaban J connectivity index is -0.000000107. The van der Waals surface area contributed by atoms with Crippen molar-refractivity contribution in [1.29, 1.82) is 0 Å². The molecule has 64 valence electrons. The molecule has 0 atom stereocenters. The molecule has 0 aliphatic carbocycles. The van der Waals surface area contributed by atoms with E-state index in [-0.39, 0.29) is 34.6 Å². The fourth-order valence-electron chi connectivity index (χ4n) is 0. The van der Waals surface area contributed by atoms with Gasteiger partial charge in [0, 0.05) is 34.6 Å². The molecule has 0 saturated heterocycles. The first-order valence-corrected chi connectivity index (χ1v) is 2.98. The molecule has 2 N–H and O–H groups in total. The molecule has 0 saturated carbocycles. The first-order chi connectivity index (χ1) is 4.54. The molecular weight excluding hydrogens is 184 g/mol. The summed E-state index contributed by atoms with van der Waals surface area (Å²) in [4.78, 5) is 18.7. The molecule has 0 rings (SSSR count). The van der Waals surface area contributed by atoms with Crippen LogP contribution in [-0.4, -0.2) is 22.2 Å². The van der Waals surface area contributed by atoms with Crippen molar-refractivity contribution in [2.24, 2.45) is 0 Å². The van der Waals surface area contributed by atoms with E-state index in [0.717, 1.165) is 0 Å². The summed E-state index contributed by atoms with van der Waals surface area (Å²) in [5.74, 6) is -1.49. The van der Waals surface area contributed by atoms with Crippen molar-refractivity contribution < 1.29 is 41.5 Å². The van der Waals surface area contributed by atoms with Gasteiger partial charge in [-0.2, -0.15) is 0 Å². The zero-order valence-corrected chi connectivity index (χ0v) is 8.19. The molecule has 0 aromatic carbocycles. The van der Waals surface area contributed by atoms with Crippen molar-refractivity contribution in [1.82, 2.24) is 0 Å². The van der Waals surface area contributed by atoms with E-state index in [4.69, 9.17) is 10.2 Å². The number of carboxylic acids is 2. The number of aliphatic carboxylic acids is 2. The molecule has 4 nitrogen and oxygen atoms in total. The van der Waals surface area contributed by atoms with Gasteiger partial charge in [-0.05, 0) is 0 Å². The van der Waals surface area contributed by atoms with Crippen LogP contribution in [0.3, 0.4) is 0 Å². The van der Waals surface area contributed by atoms with Gasteiger partial charge < -0.3 is 10.2 Å². The molecule has 0 spiro atoms. The van der Waals surface area contributed by atoms with E-state index in [1.165, 1.54) is 0 Å². The fraction of sp³-hybridized carbons (Fsp3) is 0.667. The summed E-state index contributed by atoms with van der Waals surface area (Å²) >= 11 is 0.